The third kappa shape index (κ3) is 1.25. The summed E-state index contributed by atoms with van der Waals surface area (Å²) < 4.78 is 0. The summed E-state index contributed by atoms with van der Waals surface area (Å²) in [5.74, 6) is 0.873. The van der Waals surface area contributed by atoms with E-state index in [9.17, 15) is 0 Å². The molecule has 0 aromatic heterocycles. The van der Waals surface area contributed by atoms with Gasteiger partial charge in [0.25, 0.3) is 0 Å². The molecule has 0 spiro atoms. The van der Waals surface area contributed by atoms with Gasteiger partial charge in [-0.25, -0.2) is 0 Å². The highest BCUT2D eigenvalue weighted by Crippen LogP contribution is 2.46. The molecule has 3 atom stereocenters. The molecule has 2 aliphatic rings. The number of fused-ring (bicyclic) bond motifs is 2. The average Bonchev–Trinajstić information content (AvgIpc) is 2.59. The van der Waals surface area contributed by atoms with Crippen LogP contribution in [0.15, 0.2) is 11.6 Å². The van der Waals surface area contributed by atoms with Crippen molar-refractivity contribution >= 4 is 0 Å². The summed E-state index contributed by atoms with van der Waals surface area (Å²) in [5.41, 5.74) is 1.72. The molecule has 1 aliphatic carbocycles. The predicted octanol–water partition coefficient (Wildman–Crippen LogP) is 2.82. The second-order valence-electron chi connectivity index (χ2n) is 4.85. The lowest BCUT2D eigenvalue weighted by atomic mass is 9.93. The van der Waals surface area contributed by atoms with E-state index in [1.165, 1.54) is 12.8 Å². The van der Waals surface area contributed by atoms with Crippen LogP contribution in [0.3, 0.4) is 0 Å². The Kier molecular flexibility index (Phi) is 2.23. The maximum atomic E-state index is 2.71. The Morgan fingerprint density at radius 3 is 2.62 bits per heavy atom. The van der Waals surface area contributed by atoms with Gasteiger partial charge in [-0.05, 0) is 46.5 Å². The van der Waals surface area contributed by atoms with Gasteiger partial charge in [0.1, 0.15) is 0 Å². The average molecular weight is 179 g/mol. The minimum Gasteiger partial charge on any atom is -0.294 e. The number of nitrogens with zero attached hydrogens (tertiary/aromatic N) is 1. The molecule has 0 amide bonds. The van der Waals surface area contributed by atoms with E-state index in [0.29, 0.717) is 0 Å². The van der Waals surface area contributed by atoms with Gasteiger partial charge in [0.2, 0.25) is 0 Å². The second kappa shape index (κ2) is 3.13. The summed E-state index contributed by atoms with van der Waals surface area (Å²) in [4.78, 5) is 2.71. The van der Waals surface area contributed by atoms with Crippen LogP contribution >= 0.6 is 0 Å². The number of hydrogen-bond donors (Lipinski definition) is 0. The first-order valence-corrected chi connectivity index (χ1v) is 5.57. The molecule has 1 saturated heterocycles. The zero-order valence-electron chi connectivity index (χ0n) is 9.25. The fourth-order valence-corrected chi connectivity index (χ4v) is 3.45. The van der Waals surface area contributed by atoms with Gasteiger partial charge < -0.3 is 0 Å². The zero-order chi connectivity index (χ0) is 9.59. The smallest absolute Gasteiger partial charge is 0.0145 e. The van der Waals surface area contributed by atoms with Crippen LogP contribution in [0.25, 0.3) is 0 Å². The number of likely N-dealkylation sites (tertiary alicyclic amines) is 1. The van der Waals surface area contributed by atoms with Crippen LogP contribution in [-0.4, -0.2) is 23.0 Å². The van der Waals surface area contributed by atoms with Crippen molar-refractivity contribution in [1.29, 1.82) is 0 Å². The molecular formula is C12H21N. The van der Waals surface area contributed by atoms with Gasteiger partial charge in [-0.3, -0.25) is 4.90 Å². The maximum absolute atomic E-state index is 2.71. The minimum atomic E-state index is 0.725. The van der Waals surface area contributed by atoms with Crippen molar-refractivity contribution < 1.29 is 0 Å². The molecule has 1 nitrogen and oxygen atoms in total. The van der Waals surface area contributed by atoms with Crippen LogP contribution < -0.4 is 0 Å². The highest BCUT2D eigenvalue weighted by molar-refractivity contribution is 5.22. The van der Waals surface area contributed by atoms with Crippen LogP contribution in [0.1, 0.15) is 40.5 Å². The summed E-state index contributed by atoms with van der Waals surface area (Å²) in [6.45, 7) is 9.24. The molecule has 1 saturated carbocycles. The predicted molar refractivity (Wildman–Crippen MR) is 56.7 cm³/mol. The van der Waals surface area contributed by atoms with Gasteiger partial charge in [0.15, 0.2) is 0 Å². The lowest BCUT2D eigenvalue weighted by Gasteiger charge is -2.37. The molecule has 13 heavy (non-hydrogen) atoms. The van der Waals surface area contributed by atoms with Crippen molar-refractivity contribution in [3.63, 3.8) is 0 Å². The van der Waals surface area contributed by atoms with Crippen molar-refractivity contribution in [3.05, 3.63) is 11.6 Å². The lowest BCUT2D eigenvalue weighted by molar-refractivity contribution is 0.133. The summed E-state index contributed by atoms with van der Waals surface area (Å²) in [5, 5.41) is 0. The fraction of sp³-hybridized carbons (Fsp3) is 0.833. The van der Waals surface area contributed by atoms with Crippen molar-refractivity contribution in [1.82, 2.24) is 4.90 Å². The van der Waals surface area contributed by atoms with E-state index >= 15 is 0 Å². The molecule has 1 heterocycles. The Bertz CT molecular complexity index is 227. The highest BCUT2D eigenvalue weighted by Gasteiger charge is 2.46. The van der Waals surface area contributed by atoms with Crippen LogP contribution in [0, 0.1) is 5.92 Å². The van der Waals surface area contributed by atoms with Crippen LogP contribution in [0.5, 0.6) is 0 Å². The van der Waals surface area contributed by atoms with Crippen molar-refractivity contribution in [2.75, 3.05) is 0 Å². The van der Waals surface area contributed by atoms with E-state index in [1.54, 1.807) is 5.57 Å². The third-order valence-electron chi connectivity index (χ3n) is 3.91. The molecular weight excluding hydrogens is 158 g/mol. The van der Waals surface area contributed by atoms with Gasteiger partial charge in [-0.15, -0.1) is 0 Å². The van der Waals surface area contributed by atoms with E-state index in [1.807, 2.05) is 0 Å². The third-order valence-corrected chi connectivity index (χ3v) is 3.91. The SMILES string of the molecule is C/C=C1/C[C@@H]2C[C@H]1[C@@H](C)N2C(C)C. The van der Waals surface area contributed by atoms with Crippen molar-refractivity contribution in [3.8, 4) is 0 Å². The molecule has 2 rings (SSSR count). The first-order valence-electron chi connectivity index (χ1n) is 5.57. The number of piperidine rings is 1. The normalized spacial score (nSPS) is 42.5. The first kappa shape index (κ1) is 9.26. The fourth-order valence-electron chi connectivity index (χ4n) is 3.45. The van der Waals surface area contributed by atoms with E-state index in [4.69, 9.17) is 0 Å². The van der Waals surface area contributed by atoms with Gasteiger partial charge >= 0.3 is 0 Å². The lowest BCUT2D eigenvalue weighted by Crippen LogP contribution is -2.44. The molecule has 0 aromatic rings. The van der Waals surface area contributed by atoms with Crippen LogP contribution in [0.4, 0.5) is 0 Å². The molecule has 0 unspecified atom stereocenters. The number of rotatable bonds is 1. The van der Waals surface area contributed by atoms with Gasteiger partial charge in [0.05, 0.1) is 0 Å². The molecule has 1 aliphatic heterocycles. The molecule has 0 N–H and O–H groups in total. The standard InChI is InChI=1S/C12H21N/c1-5-10-6-11-7-12(10)9(4)13(11)8(2)3/h5,8-9,11-12H,6-7H2,1-4H3/b10-5-/t9-,11-,12+/m1/s1. The van der Waals surface area contributed by atoms with E-state index in [-0.39, 0.29) is 0 Å². The highest BCUT2D eigenvalue weighted by atomic mass is 15.2. The monoisotopic (exact) mass is 179 g/mol. The quantitative estimate of drug-likeness (QED) is 0.559. The second-order valence-corrected chi connectivity index (χ2v) is 4.85. The van der Waals surface area contributed by atoms with Gasteiger partial charge in [0, 0.05) is 18.1 Å². The zero-order valence-corrected chi connectivity index (χ0v) is 9.25. The van der Waals surface area contributed by atoms with E-state index in [2.05, 4.69) is 38.7 Å². The summed E-state index contributed by atoms with van der Waals surface area (Å²) >= 11 is 0. The Hall–Kier alpha value is -0.300. The molecule has 0 aromatic carbocycles. The first-order chi connectivity index (χ1) is 6.15. The topological polar surface area (TPSA) is 3.24 Å². The molecule has 74 valence electrons. The Labute approximate surface area is 81.8 Å². The molecule has 0 radical (unpaired) electrons. The number of hydrogen-bond acceptors (Lipinski definition) is 1. The van der Waals surface area contributed by atoms with Crippen molar-refractivity contribution in [2.24, 2.45) is 5.92 Å². The van der Waals surface area contributed by atoms with Crippen LogP contribution in [-0.2, 0) is 0 Å². The van der Waals surface area contributed by atoms with Crippen molar-refractivity contribution in [2.45, 2.75) is 58.7 Å². The summed E-state index contributed by atoms with van der Waals surface area (Å²) in [6, 6.07) is 2.36. The largest absolute Gasteiger partial charge is 0.294 e. The Morgan fingerprint density at radius 1 is 1.46 bits per heavy atom. The maximum Gasteiger partial charge on any atom is 0.0145 e. The summed E-state index contributed by atoms with van der Waals surface area (Å²) in [7, 11) is 0. The van der Waals surface area contributed by atoms with Crippen LogP contribution in [0.2, 0.25) is 0 Å². The van der Waals surface area contributed by atoms with Gasteiger partial charge in [-0.2, -0.15) is 0 Å². The minimum absolute atomic E-state index is 0.725. The Morgan fingerprint density at radius 2 is 2.15 bits per heavy atom. The van der Waals surface area contributed by atoms with Gasteiger partial charge in [-0.1, -0.05) is 11.6 Å². The molecule has 2 bridgehead atoms. The van der Waals surface area contributed by atoms with E-state index < -0.39 is 0 Å². The summed E-state index contributed by atoms with van der Waals surface area (Å²) in [6.07, 6.45) is 5.10. The Balaban J connectivity index is 2.18. The molecule has 1 heteroatoms. The molecule has 2 fully saturated rings. The van der Waals surface area contributed by atoms with E-state index in [0.717, 1.165) is 24.0 Å². The number of allylic oxidation sites excluding steroid dienone is 1.